The van der Waals surface area contributed by atoms with Gasteiger partial charge in [-0.25, -0.2) is 9.18 Å². The van der Waals surface area contributed by atoms with Gasteiger partial charge in [0.2, 0.25) is 0 Å². The molecule has 0 saturated carbocycles. The van der Waals surface area contributed by atoms with Gasteiger partial charge in [-0.05, 0) is 43.3 Å². The van der Waals surface area contributed by atoms with Crippen molar-refractivity contribution in [2.24, 2.45) is 0 Å². The van der Waals surface area contributed by atoms with Crippen molar-refractivity contribution in [2.45, 2.75) is 6.92 Å². The summed E-state index contributed by atoms with van der Waals surface area (Å²) in [6.45, 7) is 1.94. The third kappa shape index (κ3) is 3.67. The summed E-state index contributed by atoms with van der Waals surface area (Å²) < 4.78 is 18.2. The van der Waals surface area contributed by atoms with E-state index in [0.29, 0.717) is 32.3 Å². The van der Waals surface area contributed by atoms with E-state index in [1.165, 1.54) is 18.3 Å². The van der Waals surface area contributed by atoms with E-state index in [2.05, 4.69) is 10.3 Å². The third-order valence-electron chi connectivity index (χ3n) is 3.50. The van der Waals surface area contributed by atoms with Crippen LogP contribution < -0.4 is 5.32 Å². The fourth-order valence-corrected chi connectivity index (χ4v) is 2.94. The van der Waals surface area contributed by atoms with Crippen molar-refractivity contribution in [3.05, 3.63) is 64.0 Å². The molecule has 0 amide bonds. The smallest absolute Gasteiger partial charge is 0.341 e. The molecule has 3 aromatic rings. The third-order valence-corrected chi connectivity index (χ3v) is 4.00. The number of hydrogen-bond donors (Lipinski definition) is 1. The lowest BCUT2D eigenvalue weighted by Gasteiger charge is -2.15. The lowest BCUT2D eigenvalue weighted by molar-refractivity contribution is 0.0527. The van der Waals surface area contributed by atoms with E-state index in [9.17, 15) is 9.18 Å². The monoisotopic (exact) mass is 378 g/mol. The number of ether oxygens (including phenoxy) is 1. The lowest BCUT2D eigenvalue weighted by atomic mass is 10.1. The Labute approximate surface area is 153 Å². The van der Waals surface area contributed by atoms with E-state index < -0.39 is 5.97 Å². The van der Waals surface area contributed by atoms with Crippen LogP contribution in [-0.2, 0) is 4.74 Å². The molecule has 7 heteroatoms. The molecule has 0 aliphatic heterocycles. The van der Waals surface area contributed by atoms with E-state index >= 15 is 0 Å². The van der Waals surface area contributed by atoms with Crippen molar-refractivity contribution in [2.75, 3.05) is 11.9 Å². The molecule has 0 radical (unpaired) electrons. The Balaban J connectivity index is 2.21. The van der Waals surface area contributed by atoms with Crippen LogP contribution in [0.2, 0.25) is 10.0 Å². The fourth-order valence-electron chi connectivity index (χ4n) is 2.40. The van der Waals surface area contributed by atoms with E-state index in [-0.39, 0.29) is 18.0 Å². The number of benzene rings is 2. The number of anilines is 2. The molecular formula is C18H13Cl2FN2O2. The van der Waals surface area contributed by atoms with Gasteiger partial charge in [0.1, 0.15) is 11.4 Å². The summed E-state index contributed by atoms with van der Waals surface area (Å²) in [5.41, 5.74) is 1.76. The Morgan fingerprint density at radius 3 is 2.64 bits per heavy atom. The number of rotatable bonds is 4. The molecular weight excluding hydrogens is 366 g/mol. The molecule has 0 aliphatic rings. The number of fused-ring (bicyclic) bond motifs is 1. The molecule has 128 valence electrons. The summed E-state index contributed by atoms with van der Waals surface area (Å²) in [5.74, 6) is -0.889. The zero-order valence-electron chi connectivity index (χ0n) is 13.1. The summed E-state index contributed by atoms with van der Waals surface area (Å²) in [4.78, 5) is 16.5. The lowest BCUT2D eigenvalue weighted by Crippen LogP contribution is -2.09. The number of nitrogens with zero attached hydrogens (tertiary/aromatic N) is 1. The molecule has 3 rings (SSSR count). The number of nitrogens with one attached hydrogen (secondary N) is 1. The van der Waals surface area contributed by atoms with Gasteiger partial charge >= 0.3 is 5.97 Å². The zero-order valence-corrected chi connectivity index (χ0v) is 14.7. The Hall–Kier alpha value is -2.37. The van der Waals surface area contributed by atoms with Gasteiger partial charge in [-0.3, -0.25) is 4.98 Å². The first-order valence-corrected chi connectivity index (χ1v) is 8.22. The van der Waals surface area contributed by atoms with Crippen LogP contribution >= 0.6 is 23.2 Å². The highest BCUT2D eigenvalue weighted by Gasteiger charge is 2.18. The number of aromatic nitrogens is 1. The summed E-state index contributed by atoms with van der Waals surface area (Å²) in [6, 6.07) is 8.98. The number of esters is 1. The van der Waals surface area contributed by atoms with Gasteiger partial charge in [-0.15, -0.1) is 0 Å². The quantitative estimate of drug-likeness (QED) is 0.600. The van der Waals surface area contributed by atoms with Gasteiger partial charge in [0.05, 0.1) is 22.8 Å². The number of hydrogen-bond acceptors (Lipinski definition) is 4. The van der Waals surface area contributed by atoms with Crippen LogP contribution in [0.4, 0.5) is 15.8 Å². The highest BCUT2D eigenvalue weighted by Crippen LogP contribution is 2.35. The number of halogens is 3. The van der Waals surface area contributed by atoms with Crippen LogP contribution in [0.25, 0.3) is 10.9 Å². The second-order valence-electron chi connectivity index (χ2n) is 5.18. The van der Waals surface area contributed by atoms with Gasteiger partial charge in [-0.2, -0.15) is 0 Å². The Kier molecular flexibility index (Phi) is 5.06. The zero-order chi connectivity index (χ0) is 18.0. The standard InChI is InChI=1S/C18H13Cl2FN2O2/c1-2-25-18(24)14-9-22-17-13(7-10(19)8-15(17)20)16(14)23-12-5-3-11(21)4-6-12/h3-9H,2H2,1H3,(H,22,23). The molecule has 4 nitrogen and oxygen atoms in total. The predicted octanol–water partition coefficient (Wildman–Crippen LogP) is 5.60. The Morgan fingerprint density at radius 2 is 1.96 bits per heavy atom. The van der Waals surface area contributed by atoms with Crippen LogP contribution in [0.5, 0.6) is 0 Å². The largest absolute Gasteiger partial charge is 0.462 e. The molecule has 0 fully saturated rings. The molecule has 1 heterocycles. The first-order chi connectivity index (χ1) is 12.0. The van der Waals surface area contributed by atoms with Gasteiger partial charge in [0.15, 0.2) is 0 Å². The van der Waals surface area contributed by atoms with Crippen molar-refractivity contribution in [1.82, 2.24) is 4.98 Å². The van der Waals surface area contributed by atoms with Crippen molar-refractivity contribution in [3.8, 4) is 0 Å². The Morgan fingerprint density at radius 1 is 1.24 bits per heavy atom. The van der Waals surface area contributed by atoms with Gasteiger partial charge < -0.3 is 10.1 Å². The van der Waals surface area contributed by atoms with Crippen molar-refractivity contribution >= 4 is 51.4 Å². The minimum atomic E-state index is -0.530. The maximum Gasteiger partial charge on any atom is 0.341 e. The van der Waals surface area contributed by atoms with Crippen LogP contribution in [0, 0.1) is 5.82 Å². The molecule has 2 aromatic carbocycles. The SMILES string of the molecule is CCOC(=O)c1cnc2c(Cl)cc(Cl)cc2c1Nc1ccc(F)cc1. The highest BCUT2D eigenvalue weighted by molar-refractivity contribution is 6.38. The number of pyridine rings is 1. The van der Waals surface area contributed by atoms with Crippen LogP contribution in [0.1, 0.15) is 17.3 Å². The van der Waals surface area contributed by atoms with Gasteiger partial charge in [0, 0.05) is 22.3 Å². The normalized spacial score (nSPS) is 10.7. The molecule has 0 atom stereocenters. The molecule has 0 unspecified atom stereocenters. The van der Waals surface area contributed by atoms with Crippen molar-refractivity contribution in [3.63, 3.8) is 0 Å². The Bertz CT molecular complexity index is 946. The van der Waals surface area contributed by atoms with Crippen LogP contribution in [0.15, 0.2) is 42.6 Å². The molecule has 1 aromatic heterocycles. The van der Waals surface area contributed by atoms with Crippen LogP contribution in [-0.4, -0.2) is 17.6 Å². The molecule has 1 N–H and O–H groups in total. The second-order valence-corrected chi connectivity index (χ2v) is 6.03. The summed E-state index contributed by atoms with van der Waals surface area (Å²) in [6.07, 6.45) is 1.39. The summed E-state index contributed by atoms with van der Waals surface area (Å²) in [7, 11) is 0. The maximum atomic E-state index is 13.1. The molecule has 0 saturated heterocycles. The molecule has 0 spiro atoms. The van der Waals surface area contributed by atoms with E-state index in [0.717, 1.165) is 0 Å². The predicted molar refractivity (Wildman–Crippen MR) is 97.4 cm³/mol. The summed E-state index contributed by atoms with van der Waals surface area (Å²) in [5, 5.41) is 4.44. The van der Waals surface area contributed by atoms with E-state index in [4.69, 9.17) is 27.9 Å². The first kappa shape index (κ1) is 17.5. The number of carbonyl (C=O) groups is 1. The second kappa shape index (κ2) is 7.25. The molecule has 25 heavy (non-hydrogen) atoms. The van der Waals surface area contributed by atoms with Crippen LogP contribution in [0.3, 0.4) is 0 Å². The van der Waals surface area contributed by atoms with Crippen molar-refractivity contribution < 1.29 is 13.9 Å². The average Bonchev–Trinajstić information content (AvgIpc) is 2.57. The average molecular weight is 379 g/mol. The topological polar surface area (TPSA) is 51.2 Å². The minimum absolute atomic E-state index is 0.225. The number of carbonyl (C=O) groups excluding carboxylic acids is 1. The molecule has 0 aliphatic carbocycles. The van der Waals surface area contributed by atoms with Gasteiger partial charge in [-0.1, -0.05) is 23.2 Å². The molecule has 0 bridgehead atoms. The fraction of sp³-hybridized carbons (Fsp3) is 0.111. The first-order valence-electron chi connectivity index (χ1n) is 7.47. The summed E-state index contributed by atoms with van der Waals surface area (Å²) >= 11 is 12.3. The van der Waals surface area contributed by atoms with Crippen molar-refractivity contribution in [1.29, 1.82) is 0 Å². The maximum absolute atomic E-state index is 13.1. The highest BCUT2D eigenvalue weighted by atomic mass is 35.5. The van der Waals surface area contributed by atoms with E-state index in [1.54, 1.807) is 31.2 Å². The minimum Gasteiger partial charge on any atom is -0.462 e. The van der Waals surface area contributed by atoms with E-state index in [1.807, 2.05) is 0 Å². The van der Waals surface area contributed by atoms with Gasteiger partial charge in [0.25, 0.3) is 0 Å².